The van der Waals surface area contributed by atoms with Gasteiger partial charge >= 0.3 is 0 Å². The van der Waals surface area contributed by atoms with Crippen LogP contribution < -0.4 is 4.74 Å². The van der Waals surface area contributed by atoms with E-state index in [4.69, 9.17) is 4.74 Å². The third-order valence-electron chi connectivity index (χ3n) is 5.43. The first-order valence-electron chi connectivity index (χ1n) is 8.57. The van der Waals surface area contributed by atoms with E-state index in [1.807, 2.05) is 41.1 Å². The quantitative estimate of drug-likeness (QED) is 0.839. The van der Waals surface area contributed by atoms with E-state index in [1.165, 1.54) is 0 Å². The maximum Gasteiger partial charge on any atom is 0.272 e. The average Bonchev–Trinajstić information content (AvgIpc) is 2.93. The second kappa shape index (κ2) is 6.02. The number of likely N-dealkylation sites (tertiary alicyclic amines) is 2. The van der Waals surface area contributed by atoms with Crippen molar-refractivity contribution in [3.8, 4) is 5.75 Å². The Hall–Kier alpha value is -2.63. The molecule has 4 rings (SSSR count). The molecule has 2 saturated heterocycles. The van der Waals surface area contributed by atoms with Crippen LogP contribution in [0.1, 0.15) is 23.3 Å². The molecule has 2 amide bonds. The van der Waals surface area contributed by atoms with Gasteiger partial charge in [0.2, 0.25) is 5.91 Å². The molecule has 0 saturated carbocycles. The first kappa shape index (κ1) is 15.9. The molecule has 6 nitrogen and oxygen atoms in total. The zero-order valence-corrected chi connectivity index (χ0v) is 14.4. The summed E-state index contributed by atoms with van der Waals surface area (Å²) in [5.74, 6) is 0.955. The first-order valence-corrected chi connectivity index (χ1v) is 8.57. The number of fused-ring (bicyclic) bond motifs is 2. The molecule has 1 aromatic heterocycles. The number of carbonyl (C=O) groups is 2. The Balaban J connectivity index is 1.61. The fraction of sp³-hybridized carbons (Fsp3) is 0.421. The normalized spacial score (nSPS) is 23.0. The molecular formula is C19H21N3O3. The second-order valence-electron chi connectivity index (χ2n) is 6.80. The monoisotopic (exact) mass is 339 g/mol. The minimum atomic E-state index is -0.0931. The van der Waals surface area contributed by atoms with Gasteiger partial charge in [-0.25, -0.2) is 4.98 Å². The van der Waals surface area contributed by atoms with Crippen LogP contribution in [-0.2, 0) is 4.79 Å². The van der Waals surface area contributed by atoms with E-state index in [0.29, 0.717) is 31.0 Å². The van der Waals surface area contributed by atoms with Gasteiger partial charge in [-0.05, 0) is 18.6 Å². The van der Waals surface area contributed by atoms with Crippen molar-refractivity contribution in [2.75, 3.05) is 27.2 Å². The Morgan fingerprint density at radius 1 is 1.32 bits per heavy atom. The summed E-state index contributed by atoms with van der Waals surface area (Å²) < 4.78 is 5.44. The number of methoxy groups -OCH3 is 1. The van der Waals surface area contributed by atoms with E-state index in [-0.39, 0.29) is 23.8 Å². The fourth-order valence-corrected chi connectivity index (χ4v) is 4.05. The topological polar surface area (TPSA) is 62.7 Å². The highest BCUT2D eigenvalue weighted by molar-refractivity contribution is 5.97. The van der Waals surface area contributed by atoms with Crippen LogP contribution in [0.25, 0.3) is 10.9 Å². The maximum atomic E-state index is 13.0. The Morgan fingerprint density at radius 3 is 2.92 bits per heavy atom. The van der Waals surface area contributed by atoms with Crippen LogP contribution in [0.4, 0.5) is 0 Å². The van der Waals surface area contributed by atoms with Crippen LogP contribution in [0.15, 0.2) is 30.3 Å². The Morgan fingerprint density at radius 2 is 2.12 bits per heavy atom. The van der Waals surface area contributed by atoms with E-state index in [9.17, 15) is 9.59 Å². The number of ether oxygens (including phenoxy) is 1. The highest BCUT2D eigenvalue weighted by Gasteiger charge is 2.42. The molecule has 25 heavy (non-hydrogen) atoms. The van der Waals surface area contributed by atoms with Crippen molar-refractivity contribution >= 4 is 22.7 Å². The number of aromatic nitrogens is 1. The van der Waals surface area contributed by atoms with Crippen molar-refractivity contribution in [1.29, 1.82) is 0 Å². The third kappa shape index (κ3) is 2.62. The molecule has 0 bridgehead atoms. The zero-order chi connectivity index (χ0) is 17.6. The van der Waals surface area contributed by atoms with Crippen LogP contribution in [0.2, 0.25) is 0 Å². The van der Waals surface area contributed by atoms with E-state index in [0.717, 1.165) is 17.3 Å². The highest BCUT2D eigenvalue weighted by Crippen LogP contribution is 2.32. The molecule has 2 aliphatic rings. The smallest absolute Gasteiger partial charge is 0.272 e. The van der Waals surface area contributed by atoms with Crippen LogP contribution in [-0.4, -0.2) is 59.9 Å². The van der Waals surface area contributed by atoms with E-state index < -0.39 is 0 Å². The standard InChI is InChI=1S/C19H21N3O3/c1-21-16-7-8-22(11-12(16)9-18(21)23)19(24)15-10-17(25-2)13-5-3-4-6-14(13)20-15/h3-6,10,12,16H,7-9,11H2,1-2H3/t12-,16+/m1/s1. The molecule has 0 radical (unpaired) electrons. The molecule has 0 unspecified atom stereocenters. The third-order valence-corrected chi connectivity index (χ3v) is 5.43. The van der Waals surface area contributed by atoms with E-state index in [1.54, 1.807) is 13.2 Å². The Kier molecular flexibility index (Phi) is 3.82. The summed E-state index contributed by atoms with van der Waals surface area (Å²) in [5, 5.41) is 0.892. The molecule has 2 atom stereocenters. The summed E-state index contributed by atoms with van der Waals surface area (Å²) in [6.07, 6.45) is 1.35. The minimum absolute atomic E-state index is 0.0931. The number of amides is 2. The molecule has 3 heterocycles. The minimum Gasteiger partial charge on any atom is -0.496 e. The first-order chi connectivity index (χ1) is 12.1. The molecule has 2 aromatic rings. The van der Waals surface area contributed by atoms with Gasteiger partial charge in [-0.15, -0.1) is 0 Å². The van der Waals surface area contributed by atoms with Crippen molar-refractivity contribution in [1.82, 2.24) is 14.8 Å². The van der Waals surface area contributed by atoms with E-state index in [2.05, 4.69) is 4.98 Å². The summed E-state index contributed by atoms with van der Waals surface area (Å²) in [5.41, 5.74) is 1.14. The molecule has 1 aromatic carbocycles. The highest BCUT2D eigenvalue weighted by atomic mass is 16.5. The van der Waals surface area contributed by atoms with Gasteiger partial charge < -0.3 is 14.5 Å². The van der Waals surface area contributed by atoms with Gasteiger partial charge in [-0.1, -0.05) is 12.1 Å². The van der Waals surface area contributed by atoms with Crippen LogP contribution in [0, 0.1) is 5.92 Å². The molecule has 0 aliphatic carbocycles. The van der Waals surface area contributed by atoms with Gasteiger partial charge in [0, 0.05) is 50.0 Å². The van der Waals surface area contributed by atoms with Crippen molar-refractivity contribution in [2.45, 2.75) is 18.9 Å². The van der Waals surface area contributed by atoms with Gasteiger partial charge in [0.05, 0.1) is 12.6 Å². The summed E-state index contributed by atoms with van der Waals surface area (Å²) in [6, 6.07) is 9.60. The van der Waals surface area contributed by atoms with Gasteiger partial charge in [0.15, 0.2) is 0 Å². The van der Waals surface area contributed by atoms with Crippen LogP contribution in [0.3, 0.4) is 0 Å². The molecule has 2 aliphatic heterocycles. The number of benzene rings is 1. The lowest BCUT2D eigenvalue weighted by atomic mass is 9.92. The second-order valence-corrected chi connectivity index (χ2v) is 6.80. The molecular weight excluding hydrogens is 318 g/mol. The molecule has 130 valence electrons. The molecule has 0 N–H and O–H groups in total. The zero-order valence-electron chi connectivity index (χ0n) is 14.4. The average molecular weight is 339 g/mol. The van der Waals surface area contributed by atoms with Crippen molar-refractivity contribution in [2.24, 2.45) is 5.92 Å². The summed E-state index contributed by atoms with van der Waals surface area (Å²) in [6.45, 7) is 1.25. The number of rotatable bonds is 2. The number of hydrogen-bond donors (Lipinski definition) is 0. The molecule has 6 heteroatoms. The van der Waals surface area contributed by atoms with Crippen molar-refractivity contribution < 1.29 is 14.3 Å². The van der Waals surface area contributed by atoms with Gasteiger partial charge in [-0.2, -0.15) is 0 Å². The van der Waals surface area contributed by atoms with Gasteiger partial charge in [-0.3, -0.25) is 9.59 Å². The summed E-state index contributed by atoms with van der Waals surface area (Å²) in [7, 11) is 3.46. The lowest BCUT2D eigenvalue weighted by molar-refractivity contribution is -0.127. The number of para-hydroxylation sites is 1. The van der Waals surface area contributed by atoms with Crippen LogP contribution in [0.5, 0.6) is 5.75 Å². The lowest BCUT2D eigenvalue weighted by Gasteiger charge is -2.36. The predicted molar refractivity (Wildman–Crippen MR) is 93.5 cm³/mol. The number of pyridine rings is 1. The largest absolute Gasteiger partial charge is 0.496 e. The molecule has 2 fully saturated rings. The Bertz CT molecular complexity index is 851. The van der Waals surface area contributed by atoms with Crippen molar-refractivity contribution in [3.63, 3.8) is 0 Å². The lowest BCUT2D eigenvalue weighted by Crippen LogP contribution is -2.47. The summed E-state index contributed by atoms with van der Waals surface area (Å²) >= 11 is 0. The number of piperidine rings is 1. The predicted octanol–water partition coefficient (Wildman–Crippen LogP) is 1.94. The fourth-order valence-electron chi connectivity index (χ4n) is 4.05. The van der Waals surface area contributed by atoms with Crippen LogP contribution >= 0.6 is 0 Å². The number of hydrogen-bond acceptors (Lipinski definition) is 4. The number of nitrogens with zero attached hydrogens (tertiary/aromatic N) is 3. The maximum absolute atomic E-state index is 13.0. The van der Waals surface area contributed by atoms with Gasteiger partial charge in [0.25, 0.3) is 5.91 Å². The SMILES string of the molecule is COc1cc(C(=O)N2CC[C@H]3[C@H](CC(=O)N3C)C2)nc2ccccc12. The molecule has 0 spiro atoms. The van der Waals surface area contributed by atoms with Crippen molar-refractivity contribution in [3.05, 3.63) is 36.0 Å². The van der Waals surface area contributed by atoms with E-state index >= 15 is 0 Å². The Labute approximate surface area is 146 Å². The van der Waals surface area contributed by atoms with Gasteiger partial charge in [0.1, 0.15) is 11.4 Å². The summed E-state index contributed by atoms with van der Waals surface area (Å²) in [4.78, 5) is 33.1. The number of carbonyl (C=O) groups excluding carboxylic acids is 2.